The van der Waals surface area contributed by atoms with E-state index in [4.69, 9.17) is 0 Å². The topological polar surface area (TPSA) is 71.4 Å². The van der Waals surface area contributed by atoms with Crippen molar-refractivity contribution in [3.8, 4) is 0 Å². The lowest BCUT2D eigenvalue weighted by molar-refractivity contribution is 0.385. The fourth-order valence-electron chi connectivity index (χ4n) is 2.45. The molecule has 0 aliphatic carbocycles. The first-order chi connectivity index (χ1) is 11.9. The molecule has 25 heavy (non-hydrogen) atoms. The van der Waals surface area contributed by atoms with Gasteiger partial charge in [0.2, 0.25) is 0 Å². The van der Waals surface area contributed by atoms with Crippen molar-refractivity contribution < 1.29 is 8.42 Å². The van der Waals surface area contributed by atoms with Crippen LogP contribution in [0.1, 0.15) is 0 Å². The number of fused-ring (bicyclic) bond motifs is 1. The second-order valence-electron chi connectivity index (χ2n) is 5.92. The van der Waals surface area contributed by atoms with E-state index < -0.39 is 10.0 Å². The molecule has 0 spiro atoms. The van der Waals surface area contributed by atoms with Crippen molar-refractivity contribution in [2.75, 3.05) is 25.4 Å². The van der Waals surface area contributed by atoms with Crippen LogP contribution in [0, 0.1) is 0 Å². The number of para-hydroxylation sites is 1. The molecule has 0 fully saturated rings. The summed E-state index contributed by atoms with van der Waals surface area (Å²) < 4.78 is 30.0. The molecule has 3 rings (SSSR count). The number of benzene rings is 2. The zero-order valence-corrected chi connectivity index (χ0v) is 15.6. The monoisotopic (exact) mass is 377 g/mol. The van der Waals surface area contributed by atoms with Gasteiger partial charge in [0.05, 0.1) is 15.1 Å². The Labute approximate surface area is 150 Å². The normalized spacial score (nSPS) is 12.0. The summed E-state index contributed by atoms with van der Waals surface area (Å²) in [6.07, 6.45) is 0. The SMILES string of the molecule is CN(C)CCn1c(=O)sc2cc(S(=O)(=O)Nc3ccccc3)ccc21. The van der Waals surface area contributed by atoms with Crippen molar-refractivity contribution in [3.05, 3.63) is 58.2 Å². The molecular weight excluding hydrogens is 358 g/mol. The minimum absolute atomic E-state index is 0.0811. The van der Waals surface area contributed by atoms with Crippen LogP contribution in [-0.2, 0) is 16.6 Å². The average Bonchev–Trinajstić information content (AvgIpc) is 2.87. The zero-order valence-electron chi connectivity index (χ0n) is 14.0. The van der Waals surface area contributed by atoms with Crippen LogP contribution in [0.25, 0.3) is 10.2 Å². The number of nitrogens with one attached hydrogen (secondary N) is 1. The van der Waals surface area contributed by atoms with Crippen LogP contribution in [0.4, 0.5) is 5.69 Å². The van der Waals surface area contributed by atoms with Gasteiger partial charge in [0.25, 0.3) is 10.0 Å². The lowest BCUT2D eigenvalue weighted by atomic mass is 10.3. The van der Waals surface area contributed by atoms with Crippen molar-refractivity contribution in [1.82, 2.24) is 9.47 Å². The minimum Gasteiger partial charge on any atom is -0.308 e. The Hall–Kier alpha value is -2.16. The highest BCUT2D eigenvalue weighted by molar-refractivity contribution is 7.92. The van der Waals surface area contributed by atoms with Gasteiger partial charge in [-0.3, -0.25) is 14.1 Å². The predicted octanol–water partition coefficient (Wildman–Crippen LogP) is 2.43. The number of rotatable bonds is 6. The standard InChI is InChI=1S/C17H19N3O3S2/c1-19(2)10-11-20-15-9-8-14(12-16(15)24-17(20)21)25(22,23)18-13-6-4-3-5-7-13/h3-9,12,18H,10-11H2,1-2H3. The number of sulfonamides is 1. The van der Waals surface area contributed by atoms with Crippen LogP contribution >= 0.6 is 11.3 Å². The molecule has 0 aliphatic heterocycles. The smallest absolute Gasteiger partial charge is 0.308 e. The number of hydrogen-bond acceptors (Lipinski definition) is 5. The summed E-state index contributed by atoms with van der Waals surface area (Å²) in [6, 6.07) is 13.5. The maximum Gasteiger partial charge on any atom is 0.308 e. The number of hydrogen-bond donors (Lipinski definition) is 1. The van der Waals surface area contributed by atoms with E-state index in [9.17, 15) is 13.2 Å². The van der Waals surface area contributed by atoms with Gasteiger partial charge in [-0.15, -0.1) is 0 Å². The third kappa shape index (κ3) is 3.92. The van der Waals surface area contributed by atoms with E-state index >= 15 is 0 Å². The molecule has 0 amide bonds. The Bertz CT molecular complexity index is 1040. The molecule has 0 atom stereocenters. The second-order valence-corrected chi connectivity index (χ2v) is 8.60. The molecule has 2 aromatic carbocycles. The first kappa shape index (κ1) is 17.7. The number of aromatic nitrogens is 1. The molecule has 0 saturated heterocycles. The quantitative estimate of drug-likeness (QED) is 0.716. The van der Waals surface area contributed by atoms with Crippen molar-refractivity contribution >= 4 is 37.3 Å². The predicted molar refractivity (Wildman–Crippen MR) is 102 cm³/mol. The minimum atomic E-state index is -3.70. The van der Waals surface area contributed by atoms with Crippen molar-refractivity contribution in [3.63, 3.8) is 0 Å². The molecule has 1 heterocycles. The van der Waals surface area contributed by atoms with Gasteiger partial charge < -0.3 is 4.90 Å². The second kappa shape index (κ2) is 6.99. The Morgan fingerprint density at radius 1 is 1.12 bits per heavy atom. The van der Waals surface area contributed by atoms with Gasteiger partial charge in [-0.05, 0) is 44.4 Å². The van der Waals surface area contributed by atoms with Gasteiger partial charge in [0.1, 0.15) is 0 Å². The van der Waals surface area contributed by atoms with Gasteiger partial charge in [-0.1, -0.05) is 29.5 Å². The summed E-state index contributed by atoms with van der Waals surface area (Å²) in [7, 11) is 0.191. The van der Waals surface area contributed by atoms with Crippen LogP contribution in [0.15, 0.2) is 58.2 Å². The largest absolute Gasteiger partial charge is 0.308 e. The van der Waals surface area contributed by atoms with Gasteiger partial charge >= 0.3 is 4.87 Å². The Kier molecular flexibility index (Phi) is 4.94. The number of likely N-dealkylation sites (N-methyl/N-ethyl adjacent to an activating group) is 1. The van der Waals surface area contributed by atoms with E-state index in [1.807, 2.05) is 25.1 Å². The van der Waals surface area contributed by atoms with Crippen LogP contribution < -0.4 is 9.60 Å². The summed E-state index contributed by atoms with van der Waals surface area (Å²) in [4.78, 5) is 14.3. The molecule has 3 aromatic rings. The lowest BCUT2D eigenvalue weighted by Gasteiger charge is -2.11. The summed E-state index contributed by atoms with van der Waals surface area (Å²) >= 11 is 1.06. The number of anilines is 1. The summed E-state index contributed by atoms with van der Waals surface area (Å²) in [5.41, 5.74) is 1.26. The van der Waals surface area contributed by atoms with Crippen LogP contribution in [0.5, 0.6) is 0 Å². The van der Waals surface area contributed by atoms with Gasteiger partial charge in [0, 0.05) is 18.8 Å². The van der Waals surface area contributed by atoms with E-state index in [1.54, 1.807) is 41.0 Å². The van der Waals surface area contributed by atoms with Gasteiger partial charge in [-0.25, -0.2) is 8.42 Å². The molecule has 1 aromatic heterocycles. The molecule has 0 unspecified atom stereocenters. The Balaban J connectivity index is 1.95. The molecule has 0 saturated carbocycles. The van der Waals surface area contributed by atoms with Crippen LogP contribution in [0.2, 0.25) is 0 Å². The van der Waals surface area contributed by atoms with Crippen molar-refractivity contribution in [2.24, 2.45) is 0 Å². The van der Waals surface area contributed by atoms with Crippen molar-refractivity contribution in [2.45, 2.75) is 11.4 Å². The molecule has 0 radical (unpaired) electrons. The van der Waals surface area contributed by atoms with Gasteiger partial charge in [-0.2, -0.15) is 0 Å². The molecule has 8 heteroatoms. The highest BCUT2D eigenvalue weighted by atomic mass is 32.2. The zero-order chi connectivity index (χ0) is 18.0. The highest BCUT2D eigenvalue weighted by Crippen LogP contribution is 2.23. The Morgan fingerprint density at radius 2 is 1.84 bits per heavy atom. The van der Waals surface area contributed by atoms with E-state index in [2.05, 4.69) is 4.72 Å². The lowest BCUT2D eigenvalue weighted by Crippen LogP contribution is -2.23. The number of thiazole rings is 1. The van der Waals surface area contributed by atoms with Gasteiger partial charge in [0.15, 0.2) is 0 Å². The Morgan fingerprint density at radius 3 is 2.52 bits per heavy atom. The highest BCUT2D eigenvalue weighted by Gasteiger charge is 2.17. The van der Waals surface area contributed by atoms with E-state index in [0.29, 0.717) is 16.9 Å². The molecule has 6 nitrogen and oxygen atoms in total. The third-order valence-corrected chi connectivity index (χ3v) is 6.07. The summed E-state index contributed by atoms with van der Waals surface area (Å²) in [5, 5.41) is 0. The van der Waals surface area contributed by atoms with Crippen LogP contribution in [0.3, 0.4) is 0 Å². The summed E-state index contributed by atoms with van der Waals surface area (Å²) in [5.74, 6) is 0. The summed E-state index contributed by atoms with van der Waals surface area (Å²) in [6.45, 7) is 1.31. The van der Waals surface area contributed by atoms with E-state index in [0.717, 1.165) is 23.4 Å². The maximum atomic E-state index is 12.6. The molecule has 132 valence electrons. The fraction of sp³-hybridized carbons (Fsp3) is 0.235. The van der Waals surface area contributed by atoms with E-state index in [1.165, 1.54) is 6.07 Å². The number of nitrogens with zero attached hydrogens (tertiary/aromatic N) is 2. The average molecular weight is 377 g/mol. The van der Waals surface area contributed by atoms with Crippen molar-refractivity contribution in [1.29, 1.82) is 0 Å². The first-order valence-electron chi connectivity index (χ1n) is 7.73. The van der Waals surface area contributed by atoms with Crippen LogP contribution in [-0.4, -0.2) is 38.5 Å². The molecule has 0 bridgehead atoms. The maximum absolute atomic E-state index is 12.6. The molecule has 0 aliphatic rings. The molecule has 1 N–H and O–H groups in total. The third-order valence-electron chi connectivity index (χ3n) is 3.75. The first-order valence-corrected chi connectivity index (χ1v) is 10.0. The molecular formula is C17H19N3O3S2. The van der Waals surface area contributed by atoms with E-state index in [-0.39, 0.29) is 9.77 Å². The fourth-order valence-corrected chi connectivity index (χ4v) is 4.56.